The van der Waals surface area contributed by atoms with Crippen LogP contribution in [0.2, 0.25) is 0 Å². The second-order valence-corrected chi connectivity index (χ2v) is 10.6. The molecule has 0 aromatic heterocycles. The molecule has 3 atom stereocenters. The summed E-state index contributed by atoms with van der Waals surface area (Å²) in [5.74, 6) is 0.686. The molecule has 13 heteroatoms. The Hall–Kier alpha value is -3.87. The van der Waals surface area contributed by atoms with Crippen LogP contribution in [-0.2, 0) is 14.3 Å². The number of carbonyl (C=O) groups is 2. The first-order valence-electron chi connectivity index (χ1n) is 15.0. The number of ether oxygens (including phenoxy) is 4. The van der Waals surface area contributed by atoms with Crippen LogP contribution in [0, 0.1) is 16.0 Å². The van der Waals surface area contributed by atoms with Crippen LogP contribution in [0.3, 0.4) is 0 Å². The Labute approximate surface area is 252 Å². The summed E-state index contributed by atoms with van der Waals surface area (Å²) in [4.78, 5) is 35.1. The maximum atomic E-state index is 12.4. The average molecular weight is 604 g/mol. The highest BCUT2D eigenvalue weighted by Crippen LogP contribution is 2.38. The summed E-state index contributed by atoms with van der Waals surface area (Å²) in [6.45, 7) is 4.64. The van der Waals surface area contributed by atoms with Gasteiger partial charge in [-0.1, -0.05) is 0 Å². The SMILES string of the molecule is CCOC1CCCC2C(=CNN=C2CCCCC(=O)NCCOc2cc([N+](=O)[O-])c(C(C)OC(=O)NC)cc2OC)CC1. The molecule has 13 nitrogen and oxygen atoms in total. The summed E-state index contributed by atoms with van der Waals surface area (Å²) in [5.41, 5.74) is 5.55. The lowest BCUT2D eigenvalue weighted by atomic mass is 9.81. The van der Waals surface area contributed by atoms with Gasteiger partial charge in [0, 0.05) is 37.9 Å². The van der Waals surface area contributed by atoms with Crippen LogP contribution in [0.15, 0.2) is 29.0 Å². The van der Waals surface area contributed by atoms with Crippen molar-refractivity contribution in [2.45, 2.75) is 83.8 Å². The fourth-order valence-electron chi connectivity index (χ4n) is 5.48. The zero-order valence-corrected chi connectivity index (χ0v) is 25.6. The maximum Gasteiger partial charge on any atom is 0.407 e. The van der Waals surface area contributed by atoms with Gasteiger partial charge < -0.3 is 29.6 Å². The molecule has 3 rings (SSSR count). The quantitative estimate of drug-likeness (QED) is 0.144. The van der Waals surface area contributed by atoms with Gasteiger partial charge in [0.05, 0.1) is 36.3 Å². The summed E-state index contributed by atoms with van der Waals surface area (Å²) < 4.78 is 22.1. The fraction of sp³-hybridized carbons (Fsp3) is 0.633. The number of hydrogen-bond acceptors (Lipinski definition) is 10. The van der Waals surface area contributed by atoms with Crippen molar-refractivity contribution in [3.05, 3.63) is 39.6 Å². The molecule has 0 spiro atoms. The number of hydrogen-bond donors (Lipinski definition) is 3. The van der Waals surface area contributed by atoms with Crippen LogP contribution in [0.4, 0.5) is 10.5 Å². The molecule has 1 aromatic rings. The molecule has 1 aliphatic carbocycles. The number of carbonyl (C=O) groups excluding carboxylic acids is 2. The van der Waals surface area contributed by atoms with Gasteiger partial charge in [-0.15, -0.1) is 0 Å². The largest absolute Gasteiger partial charge is 0.493 e. The van der Waals surface area contributed by atoms with Gasteiger partial charge in [-0.25, -0.2) is 4.79 Å². The Morgan fingerprint density at radius 3 is 2.74 bits per heavy atom. The lowest BCUT2D eigenvalue weighted by molar-refractivity contribution is -0.386. The fourth-order valence-corrected chi connectivity index (χ4v) is 5.48. The molecule has 1 fully saturated rings. The van der Waals surface area contributed by atoms with Crippen LogP contribution >= 0.6 is 0 Å². The molecule has 1 aromatic carbocycles. The van der Waals surface area contributed by atoms with Crippen LogP contribution in [0.1, 0.15) is 83.3 Å². The molecule has 1 saturated carbocycles. The Morgan fingerprint density at radius 2 is 2.02 bits per heavy atom. The Kier molecular flexibility index (Phi) is 13.5. The van der Waals surface area contributed by atoms with E-state index in [1.807, 2.05) is 13.1 Å². The van der Waals surface area contributed by atoms with Gasteiger partial charge >= 0.3 is 6.09 Å². The van der Waals surface area contributed by atoms with Crippen molar-refractivity contribution in [1.82, 2.24) is 16.1 Å². The van der Waals surface area contributed by atoms with E-state index in [-0.39, 0.29) is 41.8 Å². The lowest BCUT2D eigenvalue weighted by Gasteiger charge is -2.30. The molecule has 2 amide bonds. The predicted octanol–water partition coefficient (Wildman–Crippen LogP) is 4.90. The molecule has 0 radical (unpaired) electrons. The van der Waals surface area contributed by atoms with Crippen molar-refractivity contribution in [2.75, 3.05) is 33.9 Å². The highest BCUT2D eigenvalue weighted by atomic mass is 16.6. The summed E-state index contributed by atoms with van der Waals surface area (Å²) in [6, 6.07) is 2.65. The number of hydrazone groups is 1. The van der Waals surface area contributed by atoms with Crippen LogP contribution < -0.4 is 25.5 Å². The molecule has 238 valence electrons. The highest BCUT2D eigenvalue weighted by Gasteiger charge is 2.27. The van der Waals surface area contributed by atoms with E-state index in [2.05, 4.69) is 21.2 Å². The summed E-state index contributed by atoms with van der Waals surface area (Å²) >= 11 is 0. The summed E-state index contributed by atoms with van der Waals surface area (Å²) in [6.07, 6.45) is 8.95. The minimum atomic E-state index is -0.896. The van der Waals surface area contributed by atoms with Crippen LogP contribution in [-0.4, -0.2) is 62.7 Å². The molecule has 0 bridgehead atoms. The number of nitrogens with zero attached hydrogens (tertiary/aromatic N) is 2. The lowest BCUT2D eigenvalue weighted by Crippen LogP contribution is -2.29. The Bertz CT molecular complexity index is 1170. The van der Waals surface area contributed by atoms with E-state index in [0.717, 1.165) is 58.0 Å². The van der Waals surface area contributed by atoms with Crippen molar-refractivity contribution in [3.63, 3.8) is 0 Å². The number of nitrogens with one attached hydrogen (secondary N) is 3. The third-order valence-electron chi connectivity index (χ3n) is 7.69. The number of benzene rings is 1. The van der Waals surface area contributed by atoms with Gasteiger partial charge in [-0.05, 0) is 76.9 Å². The average Bonchev–Trinajstić information content (AvgIpc) is 2.98. The van der Waals surface area contributed by atoms with Crippen molar-refractivity contribution < 1.29 is 33.5 Å². The second-order valence-electron chi connectivity index (χ2n) is 10.6. The Morgan fingerprint density at radius 1 is 1.21 bits per heavy atom. The first-order chi connectivity index (χ1) is 20.8. The topological polar surface area (TPSA) is 163 Å². The van der Waals surface area contributed by atoms with Crippen LogP contribution in [0.25, 0.3) is 0 Å². The van der Waals surface area contributed by atoms with E-state index in [1.165, 1.54) is 44.5 Å². The van der Waals surface area contributed by atoms with Gasteiger partial charge in [0.15, 0.2) is 11.5 Å². The van der Waals surface area contributed by atoms with Crippen molar-refractivity contribution in [1.29, 1.82) is 0 Å². The van der Waals surface area contributed by atoms with E-state index >= 15 is 0 Å². The van der Waals surface area contributed by atoms with Gasteiger partial charge in [-0.3, -0.25) is 20.3 Å². The minimum Gasteiger partial charge on any atom is -0.493 e. The number of methoxy groups -OCH3 is 1. The summed E-state index contributed by atoms with van der Waals surface area (Å²) in [5, 5.41) is 21.4. The van der Waals surface area contributed by atoms with Crippen LogP contribution in [0.5, 0.6) is 11.5 Å². The molecule has 3 N–H and O–H groups in total. The number of unbranched alkanes of at least 4 members (excludes halogenated alkanes) is 1. The number of nitro groups is 1. The van der Waals surface area contributed by atoms with Gasteiger partial charge in [0.1, 0.15) is 12.7 Å². The van der Waals surface area contributed by atoms with Gasteiger partial charge in [-0.2, -0.15) is 5.10 Å². The zero-order chi connectivity index (χ0) is 31.2. The third kappa shape index (κ3) is 10.1. The number of rotatable bonds is 15. The van der Waals surface area contributed by atoms with Crippen molar-refractivity contribution in [2.24, 2.45) is 11.0 Å². The van der Waals surface area contributed by atoms with E-state index in [0.29, 0.717) is 18.4 Å². The minimum absolute atomic E-state index is 0.0886. The van der Waals surface area contributed by atoms with Gasteiger partial charge in [0.2, 0.25) is 5.91 Å². The van der Waals surface area contributed by atoms with E-state index < -0.39 is 17.1 Å². The number of allylic oxidation sites excluding steroid dienone is 1. The molecular formula is C30H45N5O8. The first kappa shape index (κ1) is 33.6. The smallest absolute Gasteiger partial charge is 0.407 e. The standard InChI is InChI=1S/C30H45N5O8/c1-5-41-22-9-8-10-23-21(13-14-22)19-33-34-25(23)11-6-7-12-29(36)32-15-16-42-28-18-26(35(38)39)24(17-27(28)40-4)20(2)43-30(37)31-3/h17-20,22-23,33H,5-16H2,1-4H3,(H,31,37)(H,32,36). The number of nitro benzene ring substituents is 1. The molecular weight excluding hydrogens is 558 g/mol. The number of amides is 2. The Balaban J connectivity index is 1.41. The number of fused-ring (bicyclic) bond motifs is 1. The second kappa shape index (κ2) is 17.3. The molecule has 3 unspecified atom stereocenters. The monoisotopic (exact) mass is 603 g/mol. The highest BCUT2D eigenvalue weighted by molar-refractivity contribution is 5.89. The molecule has 2 aliphatic rings. The predicted molar refractivity (Wildman–Crippen MR) is 161 cm³/mol. The normalized spacial score (nSPS) is 18.8. The number of alkyl carbamates (subject to hydrolysis) is 1. The molecule has 1 aliphatic heterocycles. The van der Waals surface area contributed by atoms with Crippen molar-refractivity contribution >= 4 is 23.4 Å². The van der Waals surface area contributed by atoms with E-state index in [4.69, 9.17) is 18.9 Å². The third-order valence-corrected chi connectivity index (χ3v) is 7.69. The van der Waals surface area contributed by atoms with E-state index in [9.17, 15) is 19.7 Å². The summed E-state index contributed by atoms with van der Waals surface area (Å²) in [7, 11) is 2.80. The van der Waals surface area contributed by atoms with Gasteiger partial charge in [0.25, 0.3) is 5.69 Å². The molecule has 43 heavy (non-hydrogen) atoms. The zero-order valence-electron chi connectivity index (χ0n) is 25.6. The molecule has 0 saturated heterocycles. The van der Waals surface area contributed by atoms with E-state index in [1.54, 1.807) is 0 Å². The first-order valence-corrected chi connectivity index (χ1v) is 15.0. The van der Waals surface area contributed by atoms with Crippen molar-refractivity contribution in [3.8, 4) is 11.5 Å². The molecule has 1 heterocycles. The maximum absolute atomic E-state index is 12.4.